The number of ether oxygens (including phenoxy) is 1. The quantitative estimate of drug-likeness (QED) is 0.415. The third-order valence-corrected chi connectivity index (χ3v) is 6.52. The summed E-state index contributed by atoms with van der Waals surface area (Å²) in [6.45, 7) is 2.10. The number of fused-ring (bicyclic) bond motifs is 1. The highest BCUT2D eigenvalue weighted by Gasteiger charge is 2.20. The zero-order valence-corrected chi connectivity index (χ0v) is 17.8. The van der Waals surface area contributed by atoms with Crippen LogP contribution in [0.15, 0.2) is 70.7 Å². The van der Waals surface area contributed by atoms with E-state index in [9.17, 15) is 17.6 Å². The van der Waals surface area contributed by atoms with Gasteiger partial charge in [-0.25, -0.2) is 17.8 Å². The number of aromatic amines is 1. The molecule has 0 saturated carbocycles. The second-order valence-electron chi connectivity index (χ2n) is 6.89. The van der Waals surface area contributed by atoms with Crippen molar-refractivity contribution in [2.75, 3.05) is 6.61 Å². The van der Waals surface area contributed by atoms with Crippen molar-refractivity contribution < 1.29 is 22.3 Å². The van der Waals surface area contributed by atoms with Crippen LogP contribution in [0, 0.1) is 5.82 Å². The Morgan fingerprint density at radius 3 is 2.59 bits per heavy atom. The van der Waals surface area contributed by atoms with Crippen LogP contribution in [0.2, 0.25) is 0 Å². The lowest BCUT2D eigenvalue weighted by molar-refractivity contribution is 0.0950. The molecule has 10 heteroatoms. The molecule has 0 radical (unpaired) electrons. The molecule has 8 nitrogen and oxygen atoms in total. The Labute approximate surface area is 183 Å². The maximum Gasteiger partial charge on any atom is 0.253 e. The Hall–Kier alpha value is -3.79. The van der Waals surface area contributed by atoms with Crippen molar-refractivity contribution in [3.8, 4) is 5.75 Å². The van der Waals surface area contributed by atoms with Gasteiger partial charge in [0.2, 0.25) is 9.84 Å². The number of halogens is 1. The number of rotatable bonds is 7. The summed E-state index contributed by atoms with van der Waals surface area (Å²) in [5, 5.41) is 10.1. The predicted molar refractivity (Wildman–Crippen MR) is 115 cm³/mol. The molecule has 0 spiro atoms. The van der Waals surface area contributed by atoms with Crippen molar-refractivity contribution in [2.24, 2.45) is 0 Å². The van der Waals surface area contributed by atoms with Crippen LogP contribution >= 0.6 is 0 Å². The molecule has 1 amide bonds. The normalized spacial score (nSPS) is 11.4. The van der Waals surface area contributed by atoms with Crippen LogP contribution in [-0.4, -0.2) is 36.1 Å². The summed E-state index contributed by atoms with van der Waals surface area (Å²) < 4.78 is 44.7. The van der Waals surface area contributed by atoms with Gasteiger partial charge in [-0.15, -0.1) is 0 Å². The van der Waals surface area contributed by atoms with E-state index >= 15 is 0 Å². The smallest absolute Gasteiger partial charge is 0.253 e. The van der Waals surface area contributed by atoms with Crippen LogP contribution in [0.3, 0.4) is 0 Å². The average molecular weight is 454 g/mol. The molecule has 32 heavy (non-hydrogen) atoms. The summed E-state index contributed by atoms with van der Waals surface area (Å²) in [4.78, 5) is 16.5. The third kappa shape index (κ3) is 4.30. The minimum absolute atomic E-state index is 0.0521. The van der Waals surface area contributed by atoms with E-state index in [2.05, 4.69) is 20.5 Å². The van der Waals surface area contributed by atoms with Gasteiger partial charge in [0, 0.05) is 24.2 Å². The number of carbonyl (C=O) groups excluding carboxylic acids is 1. The second-order valence-corrected chi connectivity index (χ2v) is 8.84. The first-order valence-corrected chi connectivity index (χ1v) is 11.2. The predicted octanol–water partition coefficient (Wildman–Crippen LogP) is 3.26. The number of sulfone groups is 1. The number of H-pyrrole nitrogens is 1. The van der Waals surface area contributed by atoms with Gasteiger partial charge in [-0.2, -0.15) is 5.10 Å². The molecule has 0 bridgehead atoms. The highest BCUT2D eigenvalue weighted by molar-refractivity contribution is 7.91. The lowest BCUT2D eigenvalue weighted by Crippen LogP contribution is -2.22. The fourth-order valence-electron chi connectivity index (χ4n) is 3.08. The van der Waals surface area contributed by atoms with Crippen LogP contribution in [0.25, 0.3) is 11.0 Å². The summed E-state index contributed by atoms with van der Waals surface area (Å²) in [6.07, 6.45) is 3.03. The largest absolute Gasteiger partial charge is 0.491 e. The van der Waals surface area contributed by atoms with Crippen LogP contribution in [0.5, 0.6) is 5.75 Å². The molecular formula is C22H19FN4O4S. The zero-order valence-electron chi connectivity index (χ0n) is 17.0. The van der Waals surface area contributed by atoms with E-state index < -0.39 is 15.7 Å². The number of aromatic nitrogens is 3. The molecule has 2 aromatic heterocycles. The van der Waals surface area contributed by atoms with Gasteiger partial charge in [0.1, 0.15) is 0 Å². The highest BCUT2D eigenvalue weighted by atomic mass is 32.2. The van der Waals surface area contributed by atoms with E-state index in [-0.39, 0.29) is 34.6 Å². The number of carbonyl (C=O) groups is 1. The summed E-state index contributed by atoms with van der Waals surface area (Å²) in [6, 6.07) is 11.2. The Morgan fingerprint density at radius 2 is 1.84 bits per heavy atom. The van der Waals surface area contributed by atoms with Gasteiger partial charge >= 0.3 is 0 Å². The van der Waals surface area contributed by atoms with Crippen LogP contribution < -0.4 is 10.1 Å². The number of nitrogens with zero attached hydrogens (tertiary/aromatic N) is 2. The molecule has 0 fully saturated rings. The SMILES string of the molecule is CCOc1cc(S(=O)(=O)c2ccc(CNC(=O)c3cnc4[nH]ncc4c3)cc2)ccc1F. The Balaban J connectivity index is 1.46. The standard InChI is InChI=1S/C22H19FN4O4S/c1-2-31-20-10-18(7-8-19(20)23)32(29,30)17-5-3-14(4-6-17)11-25-22(28)16-9-15-13-26-27-21(15)24-12-16/h3-10,12-13H,2,11H2,1H3,(H,25,28)(H,24,26,27). The van der Waals surface area contributed by atoms with Gasteiger partial charge in [0.15, 0.2) is 17.2 Å². The van der Waals surface area contributed by atoms with Gasteiger partial charge in [-0.1, -0.05) is 12.1 Å². The van der Waals surface area contributed by atoms with Gasteiger partial charge in [0.25, 0.3) is 5.91 Å². The van der Waals surface area contributed by atoms with E-state index in [1.807, 2.05) is 0 Å². The average Bonchev–Trinajstić information content (AvgIpc) is 3.27. The molecule has 2 N–H and O–H groups in total. The molecule has 0 unspecified atom stereocenters. The molecule has 0 atom stereocenters. The van der Waals surface area contributed by atoms with E-state index in [0.717, 1.165) is 11.5 Å². The molecule has 0 aliphatic heterocycles. The fourth-order valence-corrected chi connectivity index (χ4v) is 4.36. The fraction of sp³-hybridized carbons (Fsp3) is 0.136. The van der Waals surface area contributed by atoms with Crippen LogP contribution in [-0.2, 0) is 16.4 Å². The minimum atomic E-state index is -3.85. The molecule has 2 aromatic carbocycles. The van der Waals surface area contributed by atoms with Crippen molar-refractivity contribution >= 4 is 26.8 Å². The van der Waals surface area contributed by atoms with Crippen molar-refractivity contribution in [3.63, 3.8) is 0 Å². The molecule has 4 aromatic rings. The molecule has 0 aliphatic carbocycles. The Bertz CT molecular complexity index is 1380. The Morgan fingerprint density at radius 1 is 1.09 bits per heavy atom. The van der Waals surface area contributed by atoms with Gasteiger partial charge in [-0.05, 0) is 42.8 Å². The number of hydrogen-bond donors (Lipinski definition) is 2. The molecule has 0 saturated heterocycles. The topological polar surface area (TPSA) is 114 Å². The zero-order chi connectivity index (χ0) is 22.7. The first kappa shape index (κ1) is 21.4. The summed E-state index contributed by atoms with van der Waals surface area (Å²) in [5.74, 6) is -1.05. The summed E-state index contributed by atoms with van der Waals surface area (Å²) in [5.41, 5.74) is 1.69. The monoisotopic (exact) mass is 454 g/mol. The number of pyridine rings is 1. The lowest BCUT2D eigenvalue weighted by atomic mass is 10.2. The van der Waals surface area contributed by atoms with Crippen molar-refractivity contribution in [3.05, 3.63) is 77.9 Å². The number of benzene rings is 2. The first-order chi connectivity index (χ1) is 15.4. The first-order valence-electron chi connectivity index (χ1n) is 9.72. The minimum Gasteiger partial charge on any atom is -0.491 e. The third-order valence-electron chi connectivity index (χ3n) is 4.75. The number of hydrogen-bond acceptors (Lipinski definition) is 6. The number of amides is 1. The van der Waals surface area contributed by atoms with E-state index in [4.69, 9.17) is 4.74 Å². The molecule has 0 aliphatic rings. The molecule has 4 rings (SSSR count). The molecular weight excluding hydrogens is 435 g/mol. The molecule has 2 heterocycles. The van der Waals surface area contributed by atoms with Crippen LogP contribution in [0.1, 0.15) is 22.8 Å². The van der Waals surface area contributed by atoms with Crippen molar-refractivity contribution in [1.82, 2.24) is 20.5 Å². The van der Waals surface area contributed by atoms with Gasteiger partial charge in [-0.3, -0.25) is 9.89 Å². The van der Waals surface area contributed by atoms with Gasteiger partial charge in [0.05, 0.1) is 28.2 Å². The van der Waals surface area contributed by atoms with Crippen molar-refractivity contribution in [2.45, 2.75) is 23.3 Å². The van der Waals surface area contributed by atoms with E-state index in [1.165, 1.54) is 30.5 Å². The van der Waals surface area contributed by atoms with E-state index in [0.29, 0.717) is 16.8 Å². The number of nitrogens with one attached hydrogen (secondary N) is 2. The van der Waals surface area contributed by atoms with Gasteiger partial charge < -0.3 is 10.1 Å². The maximum atomic E-state index is 13.8. The maximum absolute atomic E-state index is 13.8. The summed E-state index contributed by atoms with van der Waals surface area (Å²) >= 11 is 0. The van der Waals surface area contributed by atoms with E-state index in [1.54, 1.807) is 31.3 Å². The molecule has 164 valence electrons. The summed E-state index contributed by atoms with van der Waals surface area (Å²) in [7, 11) is -3.85. The van der Waals surface area contributed by atoms with Crippen LogP contribution in [0.4, 0.5) is 4.39 Å². The Kier molecular flexibility index (Phi) is 5.87. The van der Waals surface area contributed by atoms with Crippen molar-refractivity contribution in [1.29, 1.82) is 0 Å². The second kappa shape index (κ2) is 8.75. The lowest BCUT2D eigenvalue weighted by Gasteiger charge is -2.10. The highest BCUT2D eigenvalue weighted by Crippen LogP contribution is 2.27.